The normalized spacial score (nSPS) is 19.5. The first-order valence-corrected chi connectivity index (χ1v) is 7.24. The molecule has 1 aromatic rings. The fraction of sp³-hybridized carbons (Fsp3) is 0.538. The molecule has 19 heavy (non-hydrogen) atoms. The average Bonchev–Trinajstić information content (AvgIpc) is 2.40. The van der Waals surface area contributed by atoms with Gasteiger partial charge in [0.2, 0.25) is 0 Å². The average molecular weight is 329 g/mol. The van der Waals surface area contributed by atoms with E-state index in [4.69, 9.17) is 5.11 Å². The molecular formula is C13H17BrN2O3. The molecule has 0 aliphatic carbocycles. The first kappa shape index (κ1) is 14.3. The number of nitrogens with zero attached hydrogens (tertiary/aromatic N) is 2. The number of benzene rings is 1. The summed E-state index contributed by atoms with van der Waals surface area (Å²) in [4.78, 5) is 12.6. The highest BCUT2D eigenvalue weighted by Gasteiger charge is 2.24. The van der Waals surface area contributed by atoms with Crippen molar-refractivity contribution in [2.24, 2.45) is 0 Å². The fourth-order valence-electron chi connectivity index (χ4n) is 2.61. The van der Waals surface area contributed by atoms with Crippen LogP contribution in [0.25, 0.3) is 0 Å². The molecule has 0 bridgehead atoms. The Bertz CT molecular complexity index is 465. The molecule has 2 rings (SSSR count). The smallest absolute Gasteiger partial charge is 0.270 e. The van der Waals surface area contributed by atoms with Gasteiger partial charge in [-0.3, -0.25) is 10.1 Å². The maximum atomic E-state index is 10.7. The number of rotatable bonds is 4. The van der Waals surface area contributed by atoms with Crippen LogP contribution >= 0.6 is 15.9 Å². The van der Waals surface area contributed by atoms with Crippen LogP contribution < -0.4 is 4.90 Å². The number of piperidine rings is 1. The van der Waals surface area contributed by atoms with Gasteiger partial charge in [-0.05, 0) is 47.7 Å². The van der Waals surface area contributed by atoms with Crippen LogP contribution in [0.15, 0.2) is 22.7 Å². The number of aliphatic hydroxyl groups is 1. The number of nitro benzene ring substituents is 1. The summed E-state index contributed by atoms with van der Waals surface area (Å²) in [7, 11) is 0. The van der Waals surface area contributed by atoms with Crippen LogP contribution in [0, 0.1) is 10.1 Å². The third-order valence-corrected chi connectivity index (χ3v) is 4.18. The topological polar surface area (TPSA) is 66.6 Å². The SMILES string of the molecule is O=[N+]([O-])c1ccc(N2CCCCC2CCO)c(Br)c1. The zero-order valence-corrected chi connectivity index (χ0v) is 12.2. The first-order valence-electron chi connectivity index (χ1n) is 6.45. The van der Waals surface area contributed by atoms with Crippen molar-refractivity contribution < 1.29 is 10.0 Å². The predicted molar refractivity (Wildman–Crippen MR) is 77.5 cm³/mol. The van der Waals surface area contributed by atoms with Gasteiger partial charge in [0.1, 0.15) is 0 Å². The third kappa shape index (κ3) is 3.25. The Balaban J connectivity index is 2.26. The number of hydrogen-bond acceptors (Lipinski definition) is 4. The van der Waals surface area contributed by atoms with Gasteiger partial charge in [0, 0.05) is 35.8 Å². The summed E-state index contributed by atoms with van der Waals surface area (Å²) in [5, 5.41) is 19.9. The molecule has 1 N–H and O–H groups in total. The van der Waals surface area contributed by atoms with Crippen molar-refractivity contribution in [2.45, 2.75) is 31.7 Å². The van der Waals surface area contributed by atoms with Crippen LogP contribution in [-0.4, -0.2) is 29.2 Å². The van der Waals surface area contributed by atoms with Gasteiger partial charge in [-0.2, -0.15) is 0 Å². The summed E-state index contributed by atoms with van der Waals surface area (Å²) in [6, 6.07) is 5.18. The van der Waals surface area contributed by atoms with Crippen molar-refractivity contribution in [3.63, 3.8) is 0 Å². The molecule has 1 aliphatic rings. The van der Waals surface area contributed by atoms with Gasteiger partial charge in [-0.1, -0.05) is 0 Å². The number of anilines is 1. The van der Waals surface area contributed by atoms with Crippen molar-refractivity contribution in [1.82, 2.24) is 0 Å². The monoisotopic (exact) mass is 328 g/mol. The van der Waals surface area contributed by atoms with Crippen molar-refractivity contribution in [2.75, 3.05) is 18.1 Å². The Morgan fingerprint density at radius 3 is 2.89 bits per heavy atom. The standard InChI is InChI=1S/C13H17BrN2O3/c14-12-9-11(16(18)19)4-5-13(12)15-7-2-1-3-10(15)6-8-17/h4-5,9-10,17H,1-3,6-8H2. The van der Waals surface area contributed by atoms with E-state index in [2.05, 4.69) is 20.8 Å². The minimum absolute atomic E-state index is 0.0892. The van der Waals surface area contributed by atoms with Gasteiger partial charge in [0.25, 0.3) is 5.69 Å². The number of halogens is 1. The number of hydrogen-bond donors (Lipinski definition) is 1. The first-order chi connectivity index (χ1) is 9.13. The second kappa shape index (κ2) is 6.34. The van der Waals surface area contributed by atoms with Gasteiger partial charge >= 0.3 is 0 Å². The van der Waals surface area contributed by atoms with Gasteiger partial charge in [-0.15, -0.1) is 0 Å². The molecule has 1 unspecified atom stereocenters. The zero-order chi connectivity index (χ0) is 13.8. The van der Waals surface area contributed by atoms with E-state index in [1.807, 2.05) is 0 Å². The predicted octanol–water partition coefficient (Wildman–Crippen LogP) is 3.10. The van der Waals surface area contributed by atoms with E-state index in [9.17, 15) is 10.1 Å². The summed E-state index contributed by atoms with van der Waals surface area (Å²) in [6.45, 7) is 1.10. The lowest BCUT2D eigenvalue weighted by atomic mass is 9.99. The Labute approximate surface area is 120 Å². The van der Waals surface area contributed by atoms with Crippen molar-refractivity contribution >= 4 is 27.3 Å². The zero-order valence-electron chi connectivity index (χ0n) is 10.6. The minimum atomic E-state index is -0.393. The Kier molecular flexibility index (Phi) is 4.76. The lowest BCUT2D eigenvalue weighted by molar-refractivity contribution is -0.384. The van der Waals surface area contributed by atoms with Crippen molar-refractivity contribution in [3.8, 4) is 0 Å². The maximum Gasteiger partial charge on any atom is 0.270 e. The van der Waals surface area contributed by atoms with Gasteiger partial charge in [0.05, 0.1) is 10.6 Å². The van der Waals surface area contributed by atoms with E-state index in [0.717, 1.165) is 36.0 Å². The molecule has 0 aromatic heterocycles. The van der Waals surface area contributed by atoms with Gasteiger partial charge < -0.3 is 10.0 Å². The van der Waals surface area contributed by atoms with Gasteiger partial charge in [0.15, 0.2) is 0 Å². The largest absolute Gasteiger partial charge is 0.396 e. The summed E-state index contributed by atoms with van der Waals surface area (Å²) < 4.78 is 0.742. The summed E-state index contributed by atoms with van der Waals surface area (Å²) in [6.07, 6.45) is 4.09. The molecule has 104 valence electrons. The molecule has 1 saturated heterocycles. The number of nitro groups is 1. The van der Waals surface area contributed by atoms with Crippen molar-refractivity contribution in [3.05, 3.63) is 32.8 Å². The summed E-state index contributed by atoms with van der Waals surface area (Å²) in [5.74, 6) is 0. The Morgan fingerprint density at radius 1 is 1.47 bits per heavy atom. The molecule has 5 nitrogen and oxygen atoms in total. The molecule has 0 saturated carbocycles. The molecule has 0 radical (unpaired) electrons. The van der Waals surface area contributed by atoms with Crippen LogP contribution in [0.2, 0.25) is 0 Å². The number of aliphatic hydroxyl groups excluding tert-OH is 1. The molecule has 0 amide bonds. The Hall–Kier alpha value is -1.14. The molecule has 1 aliphatic heterocycles. The maximum absolute atomic E-state index is 10.7. The van der Waals surface area contributed by atoms with Crippen LogP contribution in [-0.2, 0) is 0 Å². The van der Waals surface area contributed by atoms with E-state index in [1.54, 1.807) is 12.1 Å². The fourth-order valence-corrected chi connectivity index (χ4v) is 3.20. The van der Waals surface area contributed by atoms with Crippen LogP contribution in [0.1, 0.15) is 25.7 Å². The molecule has 1 aromatic carbocycles. The van der Waals surface area contributed by atoms with E-state index >= 15 is 0 Å². The lowest BCUT2D eigenvalue weighted by Gasteiger charge is -2.38. The van der Waals surface area contributed by atoms with E-state index in [1.165, 1.54) is 12.5 Å². The van der Waals surface area contributed by atoms with E-state index in [0.29, 0.717) is 6.04 Å². The second-order valence-corrected chi connectivity index (χ2v) is 5.60. The van der Waals surface area contributed by atoms with Crippen LogP contribution in [0.3, 0.4) is 0 Å². The van der Waals surface area contributed by atoms with E-state index in [-0.39, 0.29) is 12.3 Å². The van der Waals surface area contributed by atoms with Gasteiger partial charge in [-0.25, -0.2) is 0 Å². The highest BCUT2D eigenvalue weighted by molar-refractivity contribution is 9.10. The molecular weight excluding hydrogens is 312 g/mol. The van der Waals surface area contributed by atoms with Crippen molar-refractivity contribution in [1.29, 1.82) is 0 Å². The third-order valence-electron chi connectivity index (χ3n) is 3.54. The number of non-ortho nitro benzene ring substituents is 1. The molecule has 1 fully saturated rings. The molecule has 6 heteroatoms. The minimum Gasteiger partial charge on any atom is -0.396 e. The molecule has 1 heterocycles. The highest BCUT2D eigenvalue weighted by atomic mass is 79.9. The second-order valence-electron chi connectivity index (χ2n) is 4.75. The van der Waals surface area contributed by atoms with E-state index < -0.39 is 4.92 Å². The van der Waals surface area contributed by atoms with Crippen LogP contribution in [0.4, 0.5) is 11.4 Å². The summed E-state index contributed by atoms with van der Waals surface area (Å²) in [5.41, 5.74) is 1.06. The quantitative estimate of drug-likeness (QED) is 0.681. The Morgan fingerprint density at radius 2 is 2.26 bits per heavy atom. The van der Waals surface area contributed by atoms with Crippen LogP contribution in [0.5, 0.6) is 0 Å². The molecule has 1 atom stereocenters. The lowest BCUT2D eigenvalue weighted by Crippen LogP contribution is -2.40. The summed E-state index contributed by atoms with van der Waals surface area (Å²) >= 11 is 3.42. The highest BCUT2D eigenvalue weighted by Crippen LogP contribution is 2.34. The molecule has 0 spiro atoms.